The van der Waals surface area contributed by atoms with Crippen LogP contribution < -0.4 is 4.74 Å². The molecule has 2 rings (SSSR count). The van der Waals surface area contributed by atoms with Gasteiger partial charge in [-0.25, -0.2) is 0 Å². The molecule has 0 saturated carbocycles. The Hall–Kier alpha value is -2.33. The van der Waals surface area contributed by atoms with Crippen LogP contribution in [-0.4, -0.2) is 43.2 Å². The molecule has 0 amide bonds. The van der Waals surface area contributed by atoms with E-state index in [1.807, 2.05) is 44.9 Å². The first-order valence-electron chi connectivity index (χ1n) is 9.88. The lowest BCUT2D eigenvalue weighted by molar-refractivity contribution is -0.155. The highest BCUT2D eigenvalue weighted by molar-refractivity contribution is 5.72. The number of carbonyl (C=O) groups excluding carboxylic acids is 1. The Bertz CT molecular complexity index is 763. The van der Waals surface area contributed by atoms with Crippen molar-refractivity contribution in [3.63, 3.8) is 0 Å². The summed E-state index contributed by atoms with van der Waals surface area (Å²) in [6, 6.07) is 16.7. The van der Waals surface area contributed by atoms with Crippen molar-refractivity contribution in [1.82, 2.24) is 4.90 Å². The van der Waals surface area contributed by atoms with E-state index in [1.165, 1.54) is 16.7 Å². The zero-order chi connectivity index (χ0) is 20.7. The molecular formula is C24H33NO3. The van der Waals surface area contributed by atoms with Crippen LogP contribution in [0.3, 0.4) is 0 Å². The summed E-state index contributed by atoms with van der Waals surface area (Å²) in [6.07, 6.45) is 0. The topological polar surface area (TPSA) is 38.8 Å². The van der Waals surface area contributed by atoms with Crippen LogP contribution >= 0.6 is 0 Å². The number of nitrogens with zero attached hydrogens (tertiary/aromatic N) is 1. The molecule has 0 atom stereocenters. The molecule has 152 valence electrons. The first-order chi connectivity index (χ1) is 13.2. The fourth-order valence-corrected chi connectivity index (χ4v) is 2.93. The number of hydrogen-bond donors (Lipinski definition) is 0. The molecule has 2 aromatic carbocycles. The van der Waals surface area contributed by atoms with Gasteiger partial charge in [0.15, 0.2) is 0 Å². The summed E-state index contributed by atoms with van der Waals surface area (Å²) in [5.74, 6) is 1.04. The number of benzene rings is 2. The molecule has 0 radical (unpaired) electrons. The number of ether oxygens (including phenoxy) is 2. The van der Waals surface area contributed by atoms with Crippen molar-refractivity contribution in [2.45, 2.75) is 46.1 Å². The quantitative estimate of drug-likeness (QED) is 0.593. The van der Waals surface area contributed by atoms with Gasteiger partial charge in [0.2, 0.25) is 0 Å². The van der Waals surface area contributed by atoms with Crippen molar-refractivity contribution in [1.29, 1.82) is 0 Å². The van der Waals surface area contributed by atoms with Crippen molar-refractivity contribution in [3.05, 3.63) is 54.1 Å². The van der Waals surface area contributed by atoms with E-state index in [2.05, 4.69) is 50.2 Å². The van der Waals surface area contributed by atoms with Gasteiger partial charge in [-0.2, -0.15) is 0 Å². The van der Waals surface area contributed by atoms with E-state index in [0.29, 0.717) is 19.1 Å². The maximum atomic E-state index is 11.9. The van der Waals surface area contributed by atoms with Crippen molar-refractivity contribution < 1.29 is 14.3 Å². The van der Waals surface area contributed by atoms with Gasteiger partial charge in [0.05, 0.1) is 6.54 Å². The second-order valence-electron chi connectivity index (χ2n) is 8.45. The summed E-state index contributed by atoms with van der Waals surface area (Å²) in [5.41, 5.74) is 3.13. The summed E-state index contributed by atoms with van der Waals surface area (Å²) in [6.45, 7) is 11.4. The van der Waals surface area contributed by atoms with E-state index < -0.39 is 5.60 Å². The Balaban J connectivity index is 1.95. The Morgan fingerprint density at radius 1 is 1.04 bits per heavy atom. The molecule has 4 nitrogen and oxygen atoms in total. The SMILES string of the molecule is CC(C)c1cc(-c2ccccc2)ccc1OCCN(C)CC(=O)OC(C)(C)C. The maximum Gasteiger partial charge on any atom is 0.320 e. The number of hydrogen-bond acceptors (Lipinski definition) is 4. The fraction of sp³-hybridized carbons (Fsp3) is 0.458. The molecular weight excluding hydrogens is 350 g/mol. The second-order valence-corrected chi connectivity index (χ2v) is 8.45. The monoisotopic (exact) mass is 383 g/mol. The van der Waals surface area contributed by atoms with Crippen LogP contribution in [0.1, 0.15) is 46.1 Å². The van der Waals surface area contributed by atoms with E-state index >= 15 is 0 Å². The standard InChI is InChI=1S/C24H33NO3/c1-18(2)21-16-20(19-10-8-7-9-11-19)12-13-22(21)27-15-14-25(6)17-23(26)28-24(3,4)5/h7-13,16,18H,14-15,17H2,1-6H3. The molecule has 4 heteroatoms. The Kier molecular flexibility index (Phi) is 7.64. The highest BCUT2D eigenvalue weighted by Crippen LogP contribution is 2.31. The zero-order valence-electron chi connectivity index (χ0n) is 18.0. The van der Waals surface area contributed by atoms with E-state index in [0.717, 1.165) is 5.75 Å². The molecule has 2 aromatic rings. The summed E-state index contributed by atoms with van der Waals surface area (Å²) < 4.78 is 11.4. The summed E-state index contributed by atoms with van der Waals surface area (Å²) in [4.78, 5) is 13.8. The summed E-state index contributed by atoms with van der Waals surface area (Å²) in [7, 11) is 1.90. The minimum absolute atomic E-state index is 0.218. The van der Waals surface area contributed by atoms with Crippen LogP contribution in [0.25, 0.3) is 11.1 Å². The van der Waals surface area contributed by atoms with Gasteiger partial charge in [0.25, 0.3) is 0 Å². The highest BCUT2D eigenvalue weighted by atomic mass is 16.6. The normalized spacial score (nSPS) is 11.7. The third kappa shape index (κ3) is 7.01. The van der Waals surface area contributed by atoms with Gasteiger partial charge >= 0.3 is 5.97 Å². The molecule has 0 unspecified atom stereocenters. The van der Waals surface area contributed by atoms with E-state index in [1.54, 1.807) is 0 Å². The van der Waals surface area contributed by atoms with E-state index in [9.17, 15) is 4.79 Å². The number of rotatable bonds is 8. The minimum Gasteiger partial charge on any atom is -0.492 e. The van der Waals surface area contributed by atoms with Crippen molar-refractivity contribution in [2.24, 2.45) is 0 Å². The second kappa shape index (κ2) is 9.74. The van der Waals surface area contributed by atoms with Crippen molar-refractivity contribution >= 4 is 5.97 Å². The molecule has 0 fully saturated rings. The highest BCUT2D eigenvalue weighted by Gasteiger charge is 2.17. The third-order valence-electron chi connectivity index (χ3n) is 4.29. The van der Waals surface area contributed by atoms with Gasteiger partial charge in [-0.05, 0) is 62.6 Å². The minimum atomic E-state index is -0.457. The van der Waals surface area contributed by atoms with Gasteiger partial charge in [0, 0.05) is 6.54 Å². The average molecular weight is 384 g/mol. The zero-order valence-corrected chi connectivity index (χ0v) is 18.0. The lowest BCUT2D eigenvalue weighted by atomic mass is 9.96. The molecule has 0 saturated heterocycles. The van der Waals surface area contributed by atoms with Crippen molar-refractivity contribution in [2.75, 3.05) is 26.7 Å². The van der Waals surface area contributed by atoms with Crippen molar-refractivity contribution in [3.8, 4) is 16.9 Å². The molecule has 0 aliphatic rings. The maximum absolute atomic E-state index is 11.9. The first-order valence-corrected chi connectivity index (χ1v) is 9.88. The lowest BCUT2D eigenvalue weighted by Crippen LogP contribution is -2.34. The van der Waals surface area contributed by atoms with Crippen LogP contribution in [-0.2, 0) is 9.53 Å². The lowest BCUT2D eigenvalue weighted by Gasteiger charge is -2.22. The molecule has 0 heterocycles. The molecule has 0 N–H and O–H groups in total. The number of likely N-dealkylation sites (N-methyl/N-ethyl adjacent to an activating group) is 1. The molecule has 0 aliphatic heterocycles. The Morgan fingerprint density at radius 2 is 1.71 bits per heavy atom. The number of carbonyl (C=O) groups is 1. The van der Waals surface area contributed by atoms with Gasteiger partial charge in [-0.15, -0.1) is 0 Å². The molecule has 0 aliphatic carbocycles. The molecule has 0 bridgehead atoms. The largest absolute Gasteiger partial charge is 0.492 e. The smallest absolute Gasteiger partial charge is 0.320 e. The fourth-order valence-electron chi connectivity index (χ4n) is 2.93. The summed E-state index contributed by atoms with van der Waals surface area (Å²) >= 11 is 0. The van der Waals surface area contributed by atoms with Gasteiger partial charge in [-0.1, -0.05) is 50.2 Å². The Morgan fingerprint density at radius 3 is 2.32 bits per heavy atom. The van der Waals surface area contributed by atoms with Crippen LogP contribution in [0.5, 0.6) is 5.75 Å². The van der Waals surface area contributed by atoms with Gasteiger partial charge in [-0.3, -0.25) is 9.69 Å². The van der Waals surface area contributed by atoms with Crippen LogP contribution in [0.15, 0.2) is 48.5 Å². The average Bonchev–Trinajstić information content (AvgIpc) is 2.60. The summed E-state index contributed by atoms with van der Waals surface area (Å²) in [5, 5.41) is 0. The molecule has 0 aromatic heterocycles. The molecule has 0 spiro atoms. The van der Waals surface area contributed by atoms with Crippen LogP contribution in [0, 0.1) is 0 Å². The Labute approximate surface area is 169 Å². The van der Waals surface area contributed by atoms with Crippen LogP contribution in [0.2, 0.25) is 0 Å². The predicted octanol–water partition coefficient (Wildman–Crippen LogP) is 5.13. The predicted molar refractivity (Wildman–Crippen MR) is 115 cm³/mol. The number of esters is 1. The van der Waals surface area contributed by atoms with Gasteiger partial charge < -0.3 is 9.47 Å². The van der Waals surface area contributed by atoms with Crippen LogP contribution in [0.4, 0.5) is 0 Å². The molecule has 28 heavy (non-hydrogen) atoms. The van der Waals surface area contributed by atoms with E-state index in [-0.39, 0.29) is 12.5 Å². The third-order valence-corrected chi connectivity index (χ3v) is 4.29. The first kappa shape index (κ1) is 22.0. The van der Waals surface area contributed by atoms with Gasteiger partial charge in [0.1, 0.15) is 18.0 Å². The van der Waals surface area contributed by atoms with E-state index in [4.69, 9.17) is 9.47 Å².